The summed E-state index contributed by atoms with van der Waals surface area (Å²) >= 11 is 0. The largest absolute Gasteiger partial charge is 0.352 e. The molecule has 8 aromatic carbocycles. The smallest absolute Gasteiger partial charge is 0.258 e. The number of amides is 5. The maximum absolute atomic E-state index is 13.9. The third-order valence-electron chi connectivity index (χ3n) is 20.3. The Labute approximate surface area is 595 Å². The maximum atomic E-state index is 13.9. The van der Waals surface area contributed by atoms with Crippen LogP contribution in [0.5, 0.6) is 0 Å². The first kappa shape index (κ1) is 67.9. The molecule has 0 bridgehead atoms. The molecule has 3 aromatic heterocycles. The van der Waals surface area contributed by atoms with Crippen LogP contribution in [0.15, 0.2) is 188 Å². The van der Waals surface area contributed by atoms with E-state index in [1.54, 1.807) is 0 Å². The average molecular weight is 1360 g/mol. The average Bonchev–Trinajstić information content (AvgIpc) is 1.61. The van der Waals surface area contributed by atoms with Crippen LogP contribution in [0.2, 0.25) is 0 Å². The maximum Gasteiger partial charge on any atom is 0.258 e. The van der Waals surface area contributed by atoms with E-state index in [4.69, 9.17) is 15.7 Å². The number of aromatic amines is 1. The van der Waals surface area contributed by atoms with Crippen molar-refractivity contribution in [1.29, 1.82) is 0 Å². The van der Waals surface area contributed by atoms with E-state index >= 15 is 0 Å². The van der Waals surface area contributed by atoms with Crippen LogP contribution in [0.3, 0.4) is 0 Å². The SMILES string of the molecule is Cc1cc(C(=O)N2CCc3nc(C)n(Cc4ccccc4)c3-c3ccccc32)ccc1CN.Cc1cc(C(=O)N2CCc3nc(C)n(Cc4ccccc4)c3-c3ccccc32)ccc1CNC(=O)C1CC1.Cc1nc2c([nH]1)CCN(C(=O)c1ccc(CNC(=O)C3CC3)c(C)c1)c1ccccc1-2. The van der Waals surface area contributed by atoms with E-state index in [1.165, 1.54) is 11.1 Å². The molecule has 2 aliphatic carbocycles. The van der Waals surface area contributed by atoms with E-state index in [2.05, 4.69) is 104 Å². The highest BCUT2D eigenvalue weighted by Gasteiger charge is 2.34. The predicted molar refractivity (Wildman–Crippen MR) is 401 cm³/mol. The van der Waals surface area contributed by atoms with Crippen molar-refractivity contribution in [2.45, 2.75) is 119 Å². The van der Waals surface area contributed by atoms with Crippen LogP contribution >= 0.6 is 0 Å². The molecule has 17 nitrogen and oxygen atoms in total. The van der Waals surface area contributed by atoms with Gasteiger partial charge in [0.05, 0.1) is 45.5 Å². The van der Waals surface area contributed by atoms with Gasteiger partial charge in [0.25, 0.3) is 17.7 Å². The van der Waals surface area contributed by atoms with Crippen LogP contribution < -0.4 is 31.1 Å². The lowest BCUT2D eigenvalue weighted by Crippen LogP contribution is -2.32. The highest BCUT2D eigenvalue weighted by atomic mass is 16.2. The number of aromatic nitrogens is 6. The van der Waals surface area contributed by atoms with E-state index in [0.717, 1.165) is 164 Å². The molecular formula is C85H86N12O5. The fourth-order valence-corrected chi connectivity index (χ4v) is 14.4. The number of fused-ring (bicyclic) bond motifs is 9. The molecule has 0 unspecified atom stereocenters. The zero-order valence-corrected chi connectivity index (χ0v) is 58.9. The van der Waals surface area contributed by atoms with Gasteiger partial charge in [-0.1, -0.05) is 133 Å². The van der Waals surface area contributed by atoms with Gasteiger partial charge in [-0.25, -0.2) is 15.0 Å². The van der Waals surface area contributed by atoms with Crippen LogP contribution in [0.4, 0.5) is 17.1 Å². The second kappa shape index (κ2) is 29.5. The Bertz CT molecular complexity index is 5000. The van der Waals surface area contributed by atoms with Crippen LogP contribution in [0, 0.1) is 53.4 Å². The Kier molecular flexibility index (Phi) is 19.6. The zero-order valence-electron chi connectivity index (χ0n) is 58.9. The second-order valence-corrected chi connectivity index (χ2v) is 27.5. The van der Waals surface area contributed by atoms with E-state index in [9.17, 15) is 24.0 Å². The lowest BCUT2D eigenvalue weighted by molar-refractivity contribution is -0.123. The molecule has 5 aliphatic rings. The van der Waals surface area contributed by atoms with Gasteiger partial charge in [0, 0.05) is 123 Å². The van der Waals surface area contributed by atoms with Gasteiger partial charge in [0.1, 0.15) is 17.5 Å². The number of aryl methyl sites for hydroxylation is 6. The summed E-state index contributed by atoms with van der Waals surface area (Å²) in [4.78, 5) is 88.6. The number of carbonyl (C=O) groups is 5. The first-order valence-corrected chi connectivity index (χ1v) is 35.6. The molecule has 3 aliphatic heterocycles. The van der Waals surface area contributed by atoms with Gasteiger partial charge in [0.2, 0.25) is 11.8 Å². The van der Waals surface area contributed by atoms with Crippen molar-refractivity contribution in [3.8, 4) is 33.8 Å². The van der Waals surface area contributed by atoms with Gasteiger partial charge in [-0.3, -0.25) is 24.0 Å². The number of para-hydroxylation sites is 3. The highest BCUT2D eigenvalue weighted by Crippen LogP contribution is 2.41. The molecule has 6 heterocycles. The Balaban J connectivity index is 0.000000130. The molecule has 5 N–H and O–H groups in total. The molecular weight excluding hydrogens is 1270 g/mol. The van der Waals surface area contributed by atoms with Gasteiger partial charge in [-0.2, -0.15) is 0 Å². The van der Waals surface area contributed by atoms with Gasteiger partial charge in [0.15, 0.2) is 0 Å². The number of nitrogens with zero attached hydrogens (tertiary/aromatic N) is 8. The third kappa shape index (κ3) is 14.4. The molecule has 16 rings (SSSR count). The van der Waals surface area contributed by atoms with Crippen molar-refractivity contribution in [2.24, 2.45) is 17.6 Å². The minimum absolute atomic E-state index is 0.00519. The quantitative estimate of drug-likeness (QED) is 0.0815. The predicted octanol–water partition coefficient (Wildman–Crippen LogP) is 14.2. The summed E-state index contributed by atoms with van der Waals surface area (Å²) in [7, 11) is 0. The van der Waals surface area contributed by atoms with Gasteiger partial charge < -0.3 is 45.2 Å². The van der Waals surface area contributed by atoms with Gasteiger partial charge in [-0.05, 0) is 166 Å². The number of rotatable bonds is 14. The minimum atomic E-state index is -0.0226. The zero-order chi connectivity index (χ0) is 70.7. The number of benzene rings is 8. The summed E-state index contributed by atoms with van der Waals surface area (Å²) in [6.07, 6.45) is 6.08. The van der Waals surface area contributed by atoms with Crippen molar-refractivity contribution in [1.82, 2.24) is 39.7 Å². The fraction of sp³-hybridized carbons (Fsp3) is 0.271. The molecule has 102 heavy (non-hydrogen) atoms. The summed E-state index contributed by atoms with van der Waals surface area (Å²) in [5.41, 5.74) is 28.5. The number of hydrogen-bond acceptors (Lipinski definition) is 9. The topological polar surface area (TPSA) is 209 Å². The number of nitrogens with one attached hydrogen (secondary N) is 3. The van der Waals surface area contributed by atoms with Gasteiger partial charge >= 0.3 is 0 Å². The minimum Gasteiger partial charge on any atom is -0.352 e. The highest BCUT2D eigenvalue weighted by molar-refractivity contribution is 6.10. The van der Waals surface area contributed by atoms with E-state index < -0.39 is 0 Å². The van der Waals surface area contributed by atoms with Crippen LogP contribution in [0.25, 0.3) is 33.8 Å². The number of anilines is 3. The molecule has 0 atom stereocenters. The lowest BCUT2D eigenvalue weighted by atomic mass is 10.0. The fourth-order valence-electron chi connectivity index (χ4n) is 14.4. The molecule has 5 amide bonds. The summed E-state index contributed by atoms with van der Waals surface area (Å²) in [5.74, 6) is 3.47. The summed E-state index contributed by atoms with van der Waals surface area (Å²) < 4.78 is 4.55. The molecule has 17 heteroatoms. The summed E-state index contributed by atoms with van der Waals surface area (Å²) in [6, 6.07) is 62.4. The van der Waals surface area contributed by atoms with E-state index in [-0.39, 0.29) is 41.4 Å². The molecule has 516 valence electrons. The van der Waals surface area contributed by atoms with Gasteiger partial charge in [-0.15, -0.1) is 0 Å². The Hall–Kier alpha value is -11.3. The molecule has 0 radical (unpaired) electrons. The Morgan fingerprint density at radius 2 is 0.814 bits per heavy atom. The first-order chi connectivity index (χ1) is 49.6. The molecule has 2 saturated carbocycles. The third-order valence-corrected chi connectivity index (χ3v) is 20.3. The monoisotopic (exact) mass is 1350 g/mol. The van der Waals surface area contributed by atoms with E-state index in [0.29, 0.717) is 68.8 Å². The van der Waals surface area contributed by atoms with Crippen molar-refractivity contribution in [3.63, 3.8) is 0 Å². The molecule has 11 aromatic rings. The second-order valence-electron chi connectivity index (χ2n) is 27.5. The molecule has 2 fully saturated rings. The number of H-pyrrole nitrogens is 1. The van der Waals surface area contributed by atoms with Crippen molar-refractivity contribution in [2.75, 3.05) is 34.3 Å². The van der Waals surface area contributed by atoms with Crippen LogP contribution in [-0.2, 0) is 61.6 Å². The number of nitrogens with two attached hydrogens (primary N) is 1. The van der Waals surface area contributed by atoms with Crippen LogP contribution in [0.1, 0.15) is 136 Å². The standard InChI is InChI=1S/C32H32N4O2.C28H28N4O.C25H26N4O2/c1-21-18-25(14-15-26(21)19-33-31(37)24-12-13-24)32(38)35-17-16-28-30(27-10-6-7-11-29(27)35)36(22(2)34-28)20-23-8-4-3-5-9-23;1-19-16-22(12-13-23(19)17-29)28(33)31-15-14-25-27(24-10-6-7-11-26(24)31)32(20(2)30-25)18-21-8-4-3-5-9-21;1-15-13-18(9-10-19(15)14-26-24(30)17-7-8-17)25(31)29-12-11-21-23(28-16(2)27-21)20-5-3-4-6-22(20)29/h3-11,14-15,18,24H,12-13,16-17,19-20H2,1-2H3,(H,33,37);3-13,16H,14-15,17-18,29H2,1-2H3;3-6,9-10,13,17H,7-8,11-12,14H2,1-2H3,(H,26,30)(H,27,28). The summed E-state index contributed by atoms with van der Waals surface area (Å²) in [5, 5.41) is 6.03. The van der Waals surface area contributed by atoms with E-state index in [1.807, 2.05) is 170 Å². The normalized spacial score (nSPS) is 14.1. The van der Waals surface area contributed by atoms with Crippen molar-refractivity contribution in [3.05, 3.63) is 284 Å². The van der Waals surface area contributed by atoms with Crippen molar-refractivity contribution >= 4 is 46.6 Å². The van der Waals surface area contributed by atoms with Crippen LogP contribution in [-0.4, -0.2) is 78.2 Å². The molecule has 0 saturated heterocycles. The summed E-state index contributed by atoms with van der Waals surface area (Å²) in [6.45, 7) is 16.7. The van der Waals surface area contributed by atoms with Crippen molar-refractivity contribution < 1.29 is 24.0 Å². The Morgan fingerprint density at radius 1 is 0.441 bits per heavy atom. The molecule has 0 spiro atoms. The lowest BCUT2D eigenvalue weighted by Gasteiger charge is -2.24. The number of imidazole rings is 3. The Morgan fingerprint density at radius 3 is 1.22 bits per heavy atom. The number of carbonyl (C=O) groups excluding carboxylic acids is 5. The first-order valence-electron chi connectivity index (χ1n) is 35.6. The number of hydrogen-bond donors (Lipinski definition) is 4.